The molecule has 1 aliphatic rings. The first-order valence-corrected chi connectivity index (χ1v) is 4.15. The number of hydrogen-bond acceptors (Lipinski definition) is 5. The molecule has 1 N–H and O–H groups in total. The van der Waals surface area contributed by atoms with Crippen molar-refractivity contribution in [3.05, 3.63) is 10.4 Å². The minimum atomic E-state index is -0.722. The number of aliphatic hydroxyl groups excluding tert-OH is 1. The molecule has 0 radical (unpaired) electrons. The third-order valence-electron chi connectivity index (χ3n) is 1.87. The Morgan fingerprint density at radius 2 is 2.57 bits per heavy atom. The van der Waals surface area contributed by atoms with Crippen LogP contribution in [-0.4, -0.2) is 36.1 Å². The fourth-order valence-corrected chi connectivity index (χ4v) is 1.30. The number of carbonyl (C=O) groups is 1. The van der Waals surface area contributed by atoms with E-state index in [1.807, 2.05) is 0 Å². The monoisotopic (exact) mass is 201 g/mol. The second-order valence-corrected chi connectivity index (χ2v) is 2.90. The smallest absolute Gasteiger partial charge is 0.304 e. The summed E-state index contributed by atoms with van der Waals surface area (Å²) in [5.74, 6) is -0.465. The first-order valence-electron chi connectivity index (χ1n) is 4.15. The molecule has 0 amide bonds. The number of nitrogens with zero attached hydrogens (tertiary/aromatic N) is 3. The Morgan fingerprint density at radius 1 is 1.86 bits per heavy atom. The zero-order chi connectivity index (χ0) is 10.6. The van der Waals surface area contributed by atoms with Crippen LogP contribution in [0.25, 0.3) is 10.4 Å². The van der Waals surface area contributed by atoms with Crippen LogP contribution in [0.2, 0.25) is 0 Å². The first-order chi connectivity index (χ1) is 6.67. The summed E-state index contributed by atoms with van der Waals surface area (Å²) in [5.41, 5.74) is 8.22. The van der Waals surface area contributed by atoms with Crippen molar-refractivity contribution in [2.24, 2.45) is 5.11 Å². The SMILES string of the molecule is CC(=O)O[C@H]1CC(N=[N+]=[N-])[C@H](CO)O1. The molecule has 1 saturated heterocycles. The van der Waals surface area contributed by atoms with Gasteiger partial charge in [0, 0.05) is 18.3 Å². The van der Waals surface area contributed by atoms with E-state index in [4.69, 9.17) is 20.1 Å². The average Bonchev–Trinajstić information content (AvgIpc) is 2.47. The van der Waals surface area contributed by atoms with Crippen molar-refractivity contribution in [1.82, 2.24) is 0 Å². The van der Waals surface area contributed by atoms with Crippen LogP contribution in [0.5, 0.6) is 0 Å². The maximum absolute atomic E-state index is 10.6. The molecule has 78 valence electrons. The molecule has 0 aromatic carbocycles. The third-order valence-corrected chi connectivity index (χ3v) is 1.87. The molecule has 1 unspecified atom stereocenters. The molecule has 1 aliphatic heterocycles. The Balaban J connectivity index is 2.55. The molecule has 7 nitrogen and oxygen atoms in total. The maximum atomic E-state index is 10.6. The minimum absolute atomic E-state index is 0.262. The van der Waals surface area contributed by atoms with Gasteiger partial charge in [-0.25, -0.2) is 0 Å². The van der Waals surface area contributed by atoms with Gasteiger partial charge in [0.05, 0.1) is 18.8 Å². The van der Waals surface area contributed by atoms with E-state index in [0.29, 0.717) is 0 Å². The zero-order valence-electron chi connectivity index (χ0n) is 7.66. The topological polar surface area (TPSA) is 105 Å². The van der Waals surface area contributed by atoms with E-state index >= 15 is 0 Å². The Morgan fingerprint density at radius 3 is 3.07 bits per heavy atom. The van der Waals surface area contributed by atoms with Crippen LogP contribution in [0, 0.1) is 0 Å². The molecule has 1 heterocycles. The van der Waals surface area contributed by atoms with Crippen molar-refractivity contribution >= 4 is 5.97 Å². The predicted octanol–water partition coefficient (Wildman–Crippen LogP) is 0.336. The second-order valence-electron chi connectivity index (χ2n) is 2.90. The van der Waals surface area contributed by atoms with Crippen molar-refractivity contribution in [3.63, 3.8) is 0 Å². The van der Waals surface area contributed by atoms with E-state index in [-0.39, 0.29) is 13.0 Å². The summed E-state index contributed by atoms with van der Waals surface area (Å²) < 4.78 is 9.89. The van der Waals surface area contributed by atoms with Gasteiger partial charge in [0.2, 0.25) is 6.29 Å². The van der Waals surface area contributed by atoms with Crippen LogP contribution < -0.4 is 0 Å². The van der Waals surface area contributed by atoms with Crippen LogP contribution in [0.15, 0.2) is 5.11 Å². The van der Waals surface area contributed by atoms with Crippen LogP contribution in [0.3, 0.4) is 0 Å². The molecule has 0 aliphatic carbocycles. The number of aliphatic hydroxyl groups is 1. The Kier molecular flexibility index (Phi) is 3.70. The summed E-state index contributed by atoms with van der Waals surface area (Å²) in [7, 11) is 0. The highest BCUT2D eigenvalue weighted by molar-refractivity contribution is 5.66. The number of hydrogen-bond donors (Lipinski definition) is 1. The van der Waals surface area contributed by atoms with Gasteiger partial charge in [-0.1, -0.05) is 5.11 Å². The first kappa shape index (κ1) is 10.8. The number of azide groups is 1. The molecule has 0 saturated carbocycles. The maximum Gasteiger partial charge on any atom is 0.304 e. The number of carbonyl (C=O) groups excluding carboxylic acids is 1. The molecule has 3 atom stereocenters. The number of ether oxygens (including phenoxy) is 2. The van der Waals surface area contributed by atoms with Gasteiger partial charge < -0.3 is 14.6 Å². The van der Waals surface area contributed by atoms with E-state index in [0.717, 1.165) is 0 Å². The zero-order valence-corrected chi connectivity index (χ0v) is 7.66. The molecule has 7 heteroatoms. The summed E-state index contributed by atoms with van der Waals surface area (Å²) in [6.07, 6.45) is -1.02. The van der Waals surface area contributed by atoms with Gasteiger partial charge in [-0.2, -0.15) is 0 Å². The van der Waals surface area contributed by atoms with Crippen LogP contribution in [0.1, 0.15) is 13.3 Å². The second kappa shape index (κ2) is 4.80. The number of rotatable bonds is 3. The molecule has 1 fully saturated rings. The predicted molar refractivity (Wildman–Crippen MR) is 45.1 cm³/mol. The lowest BCUT2D eigenvalue weighted by Crippen LogP contribution is -2.23. The molecular weight excluding hydrogens is 190 g/mol. The fourth-order valence-electron chi connectivity index (χ4n) is 1.30. The summed E-state index contributed by atoms with van der Waals surface area (Å²) in [4.78, 5) is 13.2. The summed E-state index contributed by atoms with van der Waals surface area (Å²) >= 11 is 0. The molecule has 14 heavy (non-hydrogen) atoms. The molecule has 0 aromatic rings. The van der Waals surface area contributed by atoms with E-state index in [1.165, 1.54) is 6.92 Å². The van der Waals surface area contributed by atoms with Gasteiger partial charge in [0.25, 0.3) is 0 Å². The van der Waals surface area contributed by atoms with Gasteiger partial charge in [-0.05, 0) is 5.53 Å². The van der Waals surface area contributed by atoms with E-state index in [1.54, 1.807) is 0 Å². The van der Waals surface area contributed by atoms with Crippen molar-refractivity contribution in [2.45, 2.75) is 31.8 Å². The molecule has 1 rings (SSSR count). The summed E-state index contributed by atoms with van der Waals surface area (Å²) in [6, 6.07) is -0.477. The van der Waals surface area contributed by atoms with E-state index in [2.05, 4.69) is 10.0 Å². The molecule has 0 aromatic heterocycles. The van der Waals surface area contributed by atoms with Gasteiger partial charge in [-0.15, -0.1) is 0 Å². The average molecular weight is 201 g/mol. The van der Waals surface area contributed by atoms with Gasteiger partial charge in [-0.3, -0.25) is 4.79 Å². The van der Waals surface area contributed by atoms with Crippen LogP contribution in [-0.2, 0) is 14.3 Å². The molecular formula is C7H11N3O4. The van der Waals surface area contributed by atoms with Crippen LogP contribution >= 0.6 is 0 Å². The quantitative estimate of drug-likeness (QED) is 0.307. The summed E-state index contributed by atoms with van der Waals surface area (Å²) in [6.45, 7) is 1.000. The Hall–Kier alpha value is -1.30. The summed E-state index contributed by atoms with van der Waals surface area (Å²) in [5, 5.41) is 12.3. The molecule has 0 spiro atoms. The minimum Gasteiger partial charge on any atom is -0.436 e. The number of esters is 1. The standard InChI is InChI=1S/C7H11N3O4/c1-4(12)13-7-2-5(9-10-8)6(3-11)14-7/h5-7,11H,2-3H2,1H3/t5?,6-,7+/m0/s1. The van der Waals surface area contributed by atoms with Gasteiger partial charge in [0.1, 0.15) is 0 Å². The van der Waals surface area contributed by atoms with Crippen molar-refractivity contribution < 1.29 is 19.4 Å². The lowest BCUT2D eigenvalue weighted by atomic mass is 10.1. The Bertz CT molecular complexity index is 264. The van der Waals surface area contributed by atoms with Gasteiger partial charge >= 0.3 is 5.97 Å². The fraction of sp³-hybridized carbons (Fsp3) is 0.857. The lowest BCUT2D eigenvalue weighted by Gasteiger charge is -2.11. The normalized spacial score (nSPS) is 30.9. The third kappa shape index (κ3) is 2.59. The van der Waals surface area contributed by atoms with Crippen LogP contribution in [0.4, 0.5) is 0 Å². The Labute approximate surface area is 80.2 Å². The largest absolute Gasteiger partial charge is 0.436 e. The van der Waals surface area contributed by atoms with Crippen molar-refractivity contribution in [2.75, 3.05) is 6.61 Å². The molecule has 0 bridgehead atoms. The van der Waals surface area contributed by atoms with E-state index < -0.39 is 24.4 Å². The highest BCUT2D eigenvalue weighted by Crippen LogP contribution is 2.24. The van der Waals surface area contributed by atoms with Crippen molar-refractivity contribution in [3.8, 4) is 0 Å². The van der Waals surface area contributed by atoms with Crippen molar-refractivity contribution in [1.29, 1.82) is 0 Å². The highest BCUT2D eigenvalue weighted by Gasteiger charge is 2.35. The lowest BCUT2D eigenvalue weighted by molar-refractivity contribution is -0.174. The highest BCUT2D eigenvalue weighted by atomic mass is 16.7. The van der Waals surface area contributed by atoms with Gasteiger partial charge in [0.15, 0.2) is 0 Å². The van der Waals surface area contributed by atoms with E-state index in [9.17, 15) is 4.79 Å².